The summed E-state index contributed by atoms with van der Waals surface area (Å²) in [5.74, 6) is -0.588. The third-order valence-corrected chi connectivity index (χ3v) is 3.32. The van der Waals surface area contributed by atoms with Crippen molar-refractivity contribution in [1.29, 1.82) is 5.26 Å². The molecule has 1 aliphatic heterocycles. The number of nitrogens with zero attached hydrogens (tertiary/aromatic N) is 2. The van der Waals surface area contributed by atoms with Gasteiger partial charge in [-0.05, 0) is 24.3 Å². The molecule has 1 saturated heterocycles. The summed E-state index contributed by atoms with van der Waals surface area (Å²) >= 11 is 0. The lowest BCUT2D eigenvalue weighted by Gasteiger charge is -2.25. The molecule has 0 aromatic heterocycles. The van der Waals surface area contributed by atoms with E-state index >= 15 is 0 Å². The van der Waals surface area contributed by atoms with Gasteiger partial charge in [-0.2, -0.15) is 18.4 Å². The molecule has 0 bridgehead atoms. The monoisotopic (exact) mass is 284 g/mol. The van der Waals surface area contributed by atoms with Gasteiger partial charge in [-0.25, -0.2) is 0 Å². The lowest BCUT2D eigenvalue weighted by atomic mass is 10.0. The van der Waals surface area contributed by atoms with Gasteiger partial charge in [-0.1, -0.05) is 0 Å². The van der Waals surface area contributed by atoms with Gasteiger partial charge in [0.25, 0.3) is 5.91 Å². The molecule has 1 N–H and O–H groups in total. The number of β-amino-alcohol motifs (C(OH)–C–C–N with tert-alkyl or cyclic N) is 1. The number of hydrogen-bond acceptors (Lipinski definition) is 3. The van der Waals surface area contributed by atoms with E-state index in [0.29, 0.717) is 5.56 Å². The Morgan fingerprint density at radius 3 is 2.40 bits per heavy atom. The minimum atomic E-state index is -4.76. The van der Waals surface area contributed by atoms with E-state index in [1.54, 1.807) is 0 Å². The number of carbonyl (C=O) groups is 1. The second kappa shape index (κ2) is 4.80. The SMILES string of the molecule is N#Cc1ccc(C(=O)N2CC[C@](O)(C(F)(F)F)C2)cc1. The van der Waals surface area contributed by atoms with E-state index in [1.807, 2.05) is 6.07 Å². The highest BCUT2D eigenvalue weighted by atomic mass is 19.4. The van der Waals surface area contributed by atoms with Crippen LogP contribution in [0.3, 0.4) is 0 Å². The molecule has 7 heteroatoms. The van der Waals surface area contributed by atoms with E-state index in [4.69, 9.17) is 5.26 Å². The first kappa shape index (κ1) is 14.3. The number of amides is 1. The summed E-state index contributed by atoms with van der Waals surface area (Å²) < 4.78 is 38.0. The number of aliphatic hydroxyl groups is 1. The number of likely N-dealkylation sites (tertiary alicyclic amines) is 1. The van der Waals surface area contributed by atoms with Crippen molar-refractivity contribution in [2.75, 3.05) is 13.1 Å². The average Bonchev–Trinajstić information content (AvgIpc) is 2.82. The number of alkyl halides is 3. The lowest BCUT2D eigenvalue weighted by Crippen LogP contribution is -2.48. The second-order valence-electron chi connectivity index (χ2n) is 4.70. The fourth-order valence-corrected chi connectivity index (χ4v) is 2.07. The van der Waals surface area contributed by atoms with Crippen LogP contribution in [0.2, 0.25) is 0 Å². The molecule has 2 rings (SSSR count). The maximum absolute atomic E-state index is 12.7. The van der Waals surface area contributed by atoms with E-state index in [2.05, 4.69) is 0 Å². The highest BCUT2D eigenvalue weighted by molar-refractivity contribution is 5.94. The highest BCUT2D eigenvalue weighted by Crippen LogP contribution is 2.37. The normalized spacial score (nSPS) is 22.6. The Hall–Kier alpha value is -2.07. The van der Waals surface area contributed by atoms with Crippen LogP contribution in [-0.2, 0) is 0 Å². The van der Waals surface area contributed by atoms with Gasteiger partial charge in [-0.15, -0.1) is 0 Å². The Bertz CT molecular complexity index is 562. The number of hydrogen-bond donors (Lipinski definition) is 1. The lowest BCUT2D eigenvalue weighted by molar-refractivity contribution is -0.253. The molecular formula is C13H11F3N2O2. The Morgan fingerprint density at radius 2 is 1.95 bits per heavy atom. The van der Waals surface area contributed by atoms with Crippen molar-refractivity contribution >= 4 is 5.91 Å². The molecule has 0 radical (unpaired) electrons. The van der Waals surface area contributed by atoms with Crippen molar-refractivity contribution in [1.82, 2.24) is 4.90 Å². The van der Waals surface area contributed by atoms with E-state index in [1.165, 1.54) is 24.3 Å². The molecule has 20 heavy (non-hydrogen) atoms. The predicted octanol–water partition coefficient (Wildman–Crippen LogP) is 1.70. The molecule has 0 aliphatic carbocycles. The van der Waals surface area contributed by atoms with Crippen molar-refractivity contribution in [3.8, 4) is 6.07 Å². The van der Waals surface area contributed by atoms with Crippen molar-refractivity contribution in [3.05, 3.63) is 35.4 Å². The molecule has 1 atom stereocenters. The van der Waals surface area contributed by atoms with Crippen LogP contribution in [-0.4, -0.2) is 40.8 Å². The summed E-state index contributed by atoms with van der Waals surface area (Å²) in [6.07, 6.45) is -5.29. The van der Waals surface area contributed by atoms with Crippen LogP contribution in [0.25, 0.3) is 0 Å². The van der Waals surface area contributed by atoms with E-state index in [9.17, 15) is 23.1 Å². The fraction of sp³-hybridized carbons (Fsp3) is 0.385. The Balaban J connectivity index is 2.14. The minimum absolute atomic E-state index is 0.158. The van der Waals surface area contributed by atoms with E-state index in [-0.39, 0.29) is 12.1 Å². The van der Waals surface area contributed by atoms with Crippen molar-refractivity contribution in [3.63, 3.8) is 0 Å². The summed E-state index contributed by atoms with van der Waals surface area (Å²) in [5.41, 5.74) is -2.29. The van der Waals surface area contributed by atoms with Crippen LogP contribution in [0.1, 0.15) is 22.3 Å². The number of benzene rings is 1. The van der Waals surface area contributed by atoms with Crippen LogP contribution < -0.4 is 0 Å². The molecule has 1 aromatic rings. The molecule has 1 aliphatic rings. The third-order valence-electron chi connectivity index (χ3n) is 3.32. The number of nitriles is 1. The first-order valence-corrected chi connectivity index (χ1v) is 5.85. The van der Waals surface area contributed by atoms with Gasteiger partial charge in [0, 0.05) is 18.5 Å². The molecule has 1 amide bonds. The molecule has 0 saturated carbocycles. The van der Waals surface area contributed by atoms with Gasteiger partial charge < -0.3 is 10.0 Å². The second-order valence-corrected chi connectivity index (χ2v) is 4.70. The summed E-state index contributed by atoms with van der Waals surface area (Å²) in [5, 5.41) is 18.1. The minimum Gasteiger partial charge on any atom is -0.379 e. The largest absolute Gasteiger partial charge is 0.419 e. The standard InChI is InChI=1S/C13H11F3N2O2/c14-13(15,16)12(20)5-6-18(8-12)11(19)10-3-1-9(7-17)2-4-10/h1-4,20H,5-6,8H2/t12-/m1/s1. The summed E-state index contributed by atoms with van der Waals surface area (Å²) in [6.45, 7) is -0.926. The molecule has 106 valence electrons. The molecular weight excluding hydrogens is 273 g/mol. The van der Waals surface area contributed by atoms with Gasteiger partial charge in [0.05, 0.1) is 18.2 Å². The molecule has 1 aromatic carbocycles. The van der Waals surface area contributed by atoms with Gasteiger partial charge in [-0.3, -0.25) is 4.79 Å². The van der Waals surface area contributed by atoms with Crippen LogP contribution in [0.5, 0.6) is 0 Å². The third kappa shape index (κ3) is 2.47. The van der Waals surface area contributed by atoms with Crippen molar-refractivity contribution in [2.24, 2.45) is 0 Å². The molecule has 0 spiro atoms. The zero-order valence-corrected chi connectivity index (χ0v) is 10.3. The summed E-state index contributed by atoms with van der Waals surface area (Å²) in [4.78, 5) is 13.0. The van der Waals surface area contributed by atoms with Crippen molar-refractivity contribution < 1.29 is 23.1 Å². The van der Waals surface area contributed by atoms with Gasteiger partial charge in [0.1, 0.15) is 0 Å². The van der Waals surface area contributed by atoms with Gasteiger partial charge >= 0.3 is 6.18 Å². The van der Waals surface area contributed by atoms with Crippen molar-refractivity contribution in [2.45, 2.75) is 18.2 Å². The zero-order valence-electron chi connectivity index (χ0n) is 10.3. The highest BCUT2D eigenvalue weighted by Gasteiger charge is 2.57. The van der Waals surface area contributed by atoms with Crippen LogP contribution >= 0.6 is 0 Å². The van der Waals surface area contributed by atoms with Crippen LogP contribution in [0.4, 0.5) is 13.2 Å². The first-order chi connectivity index (χ1) is 9.27. The number of halogens is 3. The smallest absolute Gasteiger partial charge is 0.379 e. The quantitative estimate of drug-likeness (QED) is 0.853. The molecule has 4 nitrogen and oxygen atoms in total. The Kier molecular flexibility index (Phi) is 3.44. The van der Waals surface area contributed by atoms with Crippen LogP contribution in [0, 0.1) is 11.3 Å². The van der Waals surface area contributed by atoms with Gasteiger partial charge in [0.15, 0.2) is 5.60 Å². The predicted molar refractivity (Wildman–Crippen MR) is 62.7 cm³/mol. The topological polar surface area (TPSA) is 64.3 Å². The zero-order chi connectivity index (χ0) is 15.0. The summed E-state index contributed by atoms with van der Waals surface area (Å²) in [6, 6.07) is 7.48. The maximum atomic E-state index is 12.7. The Morgan fingerprint density at radius 1 is 1.35 bits per heavy atom. The Labute approximate surface area is 113 Å². The van der Waals surface area contributed by atoms with Crippen LogP contribution in [0.15, 0.2) is 24.3 Å². The van der Waals surface area contributed by atoms with E-state index < -0.39 is 30.7 Å². The first-order valence-electron chi connectivity index (χ1n) is 5.85. The molecule has 0 unspecified atom stereocenters. The van der Waals surface area contributed by atoms with Gasteiger partial charge in [0.2, 0.25) is 0 Å². The number of carbonyl (C=O) groups excluding carboxylic acids is 1. The fourth-order valence-electron chi connectivity index (χ4n) is 2.07. The molecule has 1 heterocycles. The summed E-state index contributed by atoms with van der Waals surface area (Å²) in [7, 11) is 0. The molecule has 1 fully saturated rings. The maximum Gasteiger partial charge on any atom is 0.419 e. The van der Waals surface area contributed by atoms with E-state index in [0.717, 1.165) is 4.90 Å². The number of rotatable bonds is 1. The average molecular weight is 284 g/mol.